The highest BCUT2D eigenvalue weighted by atomic mass is 32.1. The monoisotopic (exact) mass is 281 g/mol. The van der Waals surface area contributed by atoms with Crippen LogP contribution in [0.1, 0.15) is 49.2 Å². The zero-order valence-electron chi connectivity index (χ0n) is 11.6. The molecule has 1 aliphatic carbocycles. The van der Waals surface area contributed by atoms with Crippen LogP contribution in [-0.2, 0) is 11.3 Å². The second-order valence-corrected chi connectivity index (χ2v) is 6.41. The third-order valence-corrected chi connectivity index (χ3v) is 4.97. The molecular weight excluding hydrogens is 258 g/mol. The Kier molecular flexibility index (Phi) is 4.93. The summed E-state index contributed by atoms with van der Waals surface area (Å²) in [5, 5.41) is 6.00. The van der Waals surface area contributed by atoms with Gasteiger partial charge in [0.25, 0.3) is 0 Å². The average molecular weight is 281 g/mol. The van der Waals surface area contributed by atoms with E-state index in [1.54, 1.807) is 11.3 Å². The maximum absolute atomic E-state index is 12.5. The molecule has 0 atom stereocenters. The van der Waals surface area contributed by atoms with E-state index in [1.165, 1.54) is 12.8 Å². The zero-order valence-corrected chi connectivity index (χ0v) is 12.4. The lowest BCUT2D eigenvalue weighted by atomic mass is 9.79. The summed E-state index contributed by atoms with van der Waals surface area (Å²) in [4.78, 5) is 16.8. The SMILES string of the molecule is Cc1csc(CNC(=O)C2(CN)CCCCCC2)n1. The number of hydrogen-bond donors (Lipinski definition) is 2. The number of nitrogens with zero attached hydrogens (tertiary/aromatic N) is 1. The molecule has 1 heterocycles. The van der Waals surface area contributed by atoms with Crippen LogP contribution in [-0.4, -0.2) is 17.4 Å². The molecule has 19 heavy (non-hydrogen) atoms. The molecule has 0 spiro atoms. The van der Waals surface area contributed by atoms with Crippen LogP contribution in [0.15, 0.2) is 5.38 Å². The Morgan fingerprint density at radius 3 is 2.63 bits per heavy atom. The van der Waals surface area contributed by atoms with Crippen LogP contribution in [0.3, 0.4) is 0 Å². The molecule has 1 fully saturated rings. The van der Waals surface area contributed by atoms with Gasteiger partial charge in [-0.05, 0) is 19.8 Å². The van der Waals surface area contributed by atoms with Crippen molar-refractivity contribution in [2.45, 2.75) is 52.0 Å². The van der Waals surface area contributed by atoms with E-state index in [-0.39, 0.29) is 11.3 Å². The highest BCUT2D eigenvalue weighted by Gasteiger charge is 2.36. The van der Waals surface area contributed by atoms with Crippen molar-refractivity contribution in [1.82, 2.24) is 10.3 Å². The molecule has 0 aliphatic heterocycles. The maximum Gasteiger partial charge on any atom is 0.227 e. The van der Waals surface area contributed by atoms with Crippen LogP contribution in [0.2, 0.25) is 0 Å². The third-order valence-electron chi connectivity index (χ3n) is 4.00. The molecule has 1 saturated carbocycles. The predicted molar refractivity (Wildman–Crippen MR) is 77.9 cm³/mol. The molecule has 0 radical (unpaired) electrons. The summed E-state index contributed by atoms with van der Waals surface area (Å²) in [6.07, 6.45) is 6.52. The summed E-state index contributed by atoms with van der Waals surface area (Å²) in [7, 11) is 0. The maximum atomic E-state index is 12.5. The summed E-state index contributed by atoms with van der Waals surface area (Å²) in [6.45, 7) is 2.95. The lowest BCUT2D eigenvalue weighted by molar-refractivity contribution is -0.131. The third kappa shape index (κ3) is 3.54. The molecule has 1 amide bonds. The van der Waals surface area contributed by atoms with E-state index >= 15 is 0 Å². The number of nitrogens with two attached hydrogens (primary N) is 1. The van der Waals surface area contributed by atoms with Crippen molar-refractivity contribution in [2.24, 2.45) is 11.1 Å². The first-order valence-electron chi connectivity index (χ1n) is 7.06. The number of carbonyl (C=O) groups is 1. The summed E-state index contributed by atoms with van der Waals surface area (Å²) in [5.74, 6) is 0.116. The fourth-order valence-corrected chi connectivity index (χ4v) is 3.47. The van der Waals surface area contributed by atoms with Crippen LogP contribution < -0.4 is 11.1 Å². The number of amides is 1. The molecule has 2 rings (SSSR count). The van der Waals surface area contributed by atoms with Crippen molar-refractivity contribution in [3.05, 3.63) is 16.1 Å². The van der Waals surface area contributed by atoms with Gasteiger partial charge in [0.15, 0.2) is 0 Å². The number of hydrogen-bond acceptors (Lipinski definition) is 4. The number of carbonyl (C=O) groups excluding carboxylic acids is 1. The van der Waals surface area contributed by atoms with Crippen LogP contribution in [0.4, 0.5) is 0 Å². The molecule has 1 aromatic rings. The normalized spacial score (nSPS) is 18.8. The van der Waals surface area contributed by atoms with Crippen molar-refractivity contribution in [3.63, 3.8) is 0 Å². The van der Waals surface area contributed by atoms with E-state index < -0.39 is 0 Å². The Morgan fingerprint density at radius 2 is 2.11 bits per heavy atom. The van der Waals surface area contributed by atoms with Crippen LogP contribution in [0.5, 0.6) is 0 Å². The summed E-state index contributed by atoms with van der Waals surface area (Å²) < 4.78 is 0. The van der Waals surface area contributed by atoms with Gasteiger partial charge in [-0.25, -0.2) is 4.98 Å². The zero-order chi connectivity index (χ0) is 13.7. The molecule has 0 unspecified atom stereocenters. The minimum Gasteiger partial charge on any atom is -0.349 e. The first kappa shape index (κ1) is 14.5. The van der Waals surface area contributed by atoms with Crippen LogP contribution in [0, 0.1) is 12.3 Å². The standard InChI is InChI=1S/C14H23N3OS/c1-11-9-19-12(17-11)8-16-13(18)14(10-15)6-4-2-3-5-7-14/h9H,2-8,10,15H2,1H3,(H,16,18). The second kappa shape index (κ2) is 6.48. The predicted octanol–water partition coefficient (Wildman–Crippen LogP) is 2.37. The van der Waals surface area contributed by atoms with Gasteiger partial charge in [-0.15, -0.1) is 11.3 Å². The van der Waals surface area contributed by atoms with Gasteiger partial charge in [0, 0.05) is 17.6 Å². The van der Waals surface area contributed by atoms with E-state index in [0.29, 0.717) is 13.1 Å². The van der Waals surface area contributed by atoms with Crippen LogP contribution >= 0.6 is 11.3 Å². The van der Waals surface area contributed by atoms with Gasteiger partial charge in [0.1, 0.15) is 5.01 Å². The summed E-state index contributed by atoms with van der Waals surface area (Å²) in [6, 6.07) is 0. The smallest absolute Gasteiger partial charge is 0.227 e. The van der Waals surface area contributed by atoms with Crippen LogP contribution in [0.25, 0.3) is 0 Å². The Balaban J connectivity index is 1.96. The lowest BCUT2D eigenvalue weighted by Gasteiger charge is -2.29. The number of thiazole rings is 1. The number of rotatable bonds is 4. The van der Waals surface area contributed by atoms with Gasteiger partial charge in [-0.1, -0.05) is 25.7 Å². The Morgan fingerprint density at radius 1 is 1.42 bits per heavy atom. The molecule has 3 N–H and O–H groups in total. The van der Waals surface area contributed by atoms with Crippen molar-refractivity contribution in [1.29, 1.82) is 0 Å². The van der Waals surface area contributed by atoms with E-state index in [2.05, 4.69) is 10.3 Å². The van der Waals surface area contributed by atoms with Gasteiger partial charge in [-0.3, -0.25) is 4.79 Å². The summed E-state index contributed by atoms with van der Waals surface area (Å²) in [5.41, 5.74) is 6.57. The molecule has 0 bridgehead atoms. The minimum atomic E-state index is -0.344. The average Bonchev–Trinajstić information content (AvgIpc) is 2.69. The highest BCUT2D eigenvalue weighted by molar-refractivity contribution is 7.09. The second-order valence-electron chi connectivity index (χ2n) is 5.46. The Bertz CT molecular complexity index is 422. The van der Waals surface area contributed by atoms with E-state index in [9.17, 15) is 4.79 Å². The summed E-state index contributed by atoms with van der Waals surface area (Å²) >= 11 is 1.59. The fraction of sp³-hybridized carbons (Fsp3) is 0.714. The number of nitrogens with one attached hydrogen (secondary N) is 1. The Labute approximate surface area is 118 Å². The quantitative estimate of drug-likeness (QED) is 0.833. The van der Waals surface area contributed by atoms with Gasteiger partial charge < -0.3 is 11.1 Å². The van der Waals surface area contributed by atoms with Crippen molar-refractivity contribution in [3.8, 4) is 0 Å². The molecular formula is C14H23N3OS. The first-order valence-corrected chi connectivity index (χ1v) is 7.94. The molecule has 1 aliphatic rings. The minimum absolute atomic E-state index is 0.116. The van der Waals surface area contributed by atoms with Gasteiger partial charge in [0.05, 0.1) is 12.0 Å². The lowest BCUT2D eigenvalue weighted by Crippen LogP contribution is -2.45. The van der Waals surface area contributed by atoms with E-state index in [1.807, 2.05) is 12.3 Å². The number of aromatic nitrogens is 1. The van der Waals surface area contributed by atoms with Crippen molar-refractivity contribution < 1.29 is 4.79 Å². The van der Waals surface area contributed by atoms with Crippen molar-refractivity contribution in [2.75, 3.05) is 6.54 Å². The molecule has 0 saturated heterocycles. The highest BCUT2D eigenvalue weighted by Crippen LogP contribution is 2.34. The molecule has 0 aromatic carbocycles. The largest absolute Gasteiger partial charge is 0.349 e. The van der Waals surface area contributed by atoms with Gasteiger partial charge >= 0.3 is 0 Å². The fourth-order valence-electron chi connectivity index (χ4n) is 2.76. The number of aryl methyl sites for hydroxylation is 1. The van der Waals surface area contributed by atoms with Gasteiger partial charge in [-0.2, -0.15) is 0 Å². The molecule has 106 valence electrons. The molecule has 1 aromatic heterocycles. The molecule has 4 nitrogen and oxygen atoms in total. The van der Waals surface area contributed by atoms with Gasteiger partial charge in [0.2, 0.25) is 5.91 Å². The topological polar surface area (TPSA) is 68.0 Å². The first-order chi connectivity index (χ1) is 9.16. The van der Waals surface area contributed by atoms with E-state index in [0.717, 1.165) is 36.4 Å². The van der Waals surface area contributed by atoms with E-state index in [4.69, 9.17) is 5.73 Å². The Hall–Kier alpha value is -0.940. The molecule has 5 heteroatoms. The van der Waals surface area contributed by atoms with Crippen molar-refractivity contribution >= 4 is 17.2 Å².